The Labute approximate surface area is 107 Å². The Bertz CT molecular complexity index is 387. The summed E-state index contributed by atoms with van der Waals surface area (Å²) < 4.78 is 14.1. The van der Waals surface area contributed by atoms with Crippen molar-refractivity contribution in [1.29, 1.82) is 0 Å². The Morgan fingerprint density at radius 1 is 1.20 bits per heavy atom. The van der Waals surface area contributed by atoms with Crippen molar-refractivity contribution in [2.24, 2.45) is 0 Å². The van der Waals surface area contributed by atoms with Crippen molar-refractivity contribution >= 4 is 13.5 Å². The number of nitro groups is 1. The third-order valence-electron chi connectivity index (χ3n) is 1.26. The van der Waals surface area contributed by atoms with Gasteiger partial charge in [0.15, 0.2) is 0 Å². The van der Waals surface area contributed by atoms with E-state index < -0.39 is 12.7 Å². The van der Waals surface area contributed by atoms with Crippen LogP contribution in [0.2, 0.25) is 0 Å². The topological polar surface area (TPSA) is 116 Å². The fourth-order valence-corrected chi connectivity index (χ4v) is 1.14. The Kier molecular flexibility index (Phi) is 5.44. The molecule has 1 aromatic rings. The Balaban J connectivity index is 0.00000196. The first kappa shape index (κ1) is 14.6. The van der Waals surface area contributed by atoms with Gasteiger partial charge in [-0.05, 0) is 12.1 Å². The number of benzene rings is 1. The first-order valence-electron chi connectivity index (χ1n) is 3.34. The molecule has 0 aromatic heterocycles. The van der Waals surface area contributed by atoms with E-state index in [1.54, 1.807) is 0 Å². The molecule has 0 aliphatic heterocycles. The van der Waals surface area contributed by atoms with E-state index in [9.17, 15) is 24.5 Å². The second kappa shape index (κ2) is 5.60. The maximum atomic E-state index is 10.2. The van der Waals surface area contributed by atoms with E-state index in [4.69, 9.17) is 0 Å². The summed E-state index contributed by atoms with van der Waals surface area (Å²) in [5, 5.41) is 10.2. The maximum Gasteiger partial charge on any atom is 1.00 e. The van der Waals surface area contributed by atoms with Crippen LogP contribution in [0.15, 0.2) is 24.3 Å². The van der Waals surface area contributed by atoms with Gasteiger partial charge in [-0.15, -0.1) is 0 Å². The molecule has 0 aliphatic carbocycles. The van der Waals surface area contributed by atoms with Crippen LogP contribution in [0.25, 0.3) is 0 Å². The van der Waals surface area contributed by atoms with Crippen LogP contribution in [0, 0.1) is 10.1 Å². The van der Waals surface area contributed by atoms with E-state index in [-0.39, 0.29) is 41.0 Å². The number of non-ortho nitro benzene ring substituents is 1. The molecule has 0 radical (unpaired) electrons. The van der Waals surface area contributed by atoms with Gasteiger partial charge in [-0.25, -0.2) is 0 Å². The molecular weight excluding hydrogens is 236 g/mol. The number of nitrogens with zero attached hydrogens (tertiary/aromatic N) is 1. The number of nitro benzene ring substituents is 1. The van der Waals surface area contributed by atoms with Gasteiger partial charge in [0, 0.05) is 12.1 Å². The predicted octanol–water partition coefficient (Wildman–Crippen LogP) is -3.19. The quantitative estimate of drug-likeness (QED) is 0.238. The van der Waals surface area contributed by atoms with Gasteiger partial charge in [-0.1, -0.05) is 0 Å². The minimum atomic E-state index is -5.10. The second-order valence-corrected chi connectivity index (χ2v) is 3.37. The molecule has 9 heteroatoms. The zero-order valence-electron chi connectivity index (χ0n) is 7.65. The largest absolute Gasteiger partial charge is 1.00 e. The van der Waals surface area contributed by atoms with Gasteiger partial charge in [0.1, 0.15) is 13.6 Å². The van der Waals surface area contributed by atoms with Crippen LogP contribution in [0.3, 0.4) is 0 Å². The summed E-state index contributed by atoms with van der Waals surface area (Å²) in [4.78, 5) is 29.8. The molecule has 1 rings (SSSR count). The van der Waals surface area contributed by atoms with Crippen LogP contribution in [-0.2, 0) is 4.57 Å². The molecule has 0 unspecified atom stereocenters. The van der Waals surface area contributed by atoms with Gasteiger partial charge in [0.25, 0.3) is 5.69 Å². The third-order valence-corrected chi connectivity index (χ3v) is 1.70. The van der Waals surface area contributed by atoms with Crippen LogP contribution >= 0.6 is 7.82 Å². The fraction of sp³-hybridized carbons (Fsp3) is 0. The minimum Gasteiger partial charge on any atom is -0.780 e. The van der Waals surface area contributed by atoms with Crippen molar-refractivity contribution in [3.8, 4) is 5.75 Å². The van der Waals surface area contributed by atoms with Crippen molar-refractivity contribution in [2.45, 2.75) is 0 Å². The van der Waals surface area contributed by atoms with Gasteiger partial charge >= 0.3 is 29.6 Å². The monoisotopic (exact) mass is 240 g/mol. The molecule has 0 spiro atoms. The molecule has 15 heavy (non-hydrogen) atoms. The van der Waals surface area contributed by atoms with E-state index in [2.05, 4.69) is 4.52 Å². The van der Waals surface area contributed by atoms with E-state index in [0.29, 0.717) is 0 Å². The molecule has 0 saturated heterocycles. The molecule has 76 valence electrons. The molecule has 0 atom stereocenters. The number of hydrogen-bond acceptors (Lipinski definition) is 6. The van der Waals surface area contributed by atoms with Gasteiger partial charge in [-0.3, -0.25) is 10.1 Å². The Hall–Kier alpha value is -0.430. The van der Waals surface area contributed by atoms with Crippen LogP contribution in [0.5, 0.6) is 5.75 Å². The standard InChI is InChI=1S/C6H6NO6P.Na/c8-7(9)5-1-3-6(4-2-5)13-14(10,11)12;/h1-4H,(H2,10,11,12);/q;+1/p-2. The van der Waals surface area contributed by atoms with E-state index in [1.165, 1.54) is 0 Å². The van der Waals surface area contributed by atoms with Crippen molar-refractivity contribution in [3.05, 3.63) is 34.4 Å². The summed E-state index contributed by atoms with van der Waals surface area (Å²) in [7, 11) is -5.10. The van der Waals surface area contributed by atoms with Crippen molar-refractivity contribution in [2.75, 3.05) is 0 Å². The minimum absolute atomic E-state index is 0. The van der Waals surface area contributed by atoms with Gasteiger partial charge in [0.05, 0.1) is 4.92 Å². The molecule has 0 saturated carbocycles. The van der Waals surface area contributed by atoms with Gasteiger partial charge in [-0.2, -0.15) is 0 Å². The summed E-state index contributed by atoms with van der Waals surface area (Å²) in [5.74, 6) is -0.246. The van der Waals surface area contributed by atoms with Crippen molar-refractivity contribution in [1.82, 2.24) is 0 Å². The molecular formula is C6H4NNaO6P-. The van der Waals surface area contributed by atoms with Crippen molar-refractivity contribution < 1.29 is 53.4 Å². The smallest absolute Gasteiger partial charge is 0.780 e. The zero-order chi connectivity index (χ0) is 10.8. The SMILES string of the molecule is O=[N+]([O-])c1ccc(OP(=O)([O-])[O-])cc1.[Na+]. The molecule has 0 fully saturated rings. The molecule has 7 nitrogen and oxygen atoms in total. The summed E-state index contributed by atoms with van der Waals surface area (Å²) in [6.45, 7) is 0. The van der Waals surface area contributed by atoms with E-state index >= 15 is 0 Å². The summed E-state index contributed by atoms with van der Waals surface area (Å²) in [6.07, 6.45) is 0. The summed E-state index contributed by atoms with van der Waals surface area (Å²) >= 11 is 0. The molecule has 0 aliphatic rings. The number of rotatable bonds is 3. The number of phosphoric ester groups is 1. The summed E-state index contributed by atoms with van der Waals surface area (Å²) in [6, 6.07) is 4.12. The summed E-state index contributed by atoms with van der Waals surface area (Å²) in [5.41, 5.74) is -0.219. The molecule has 0 heterocycles. The first-order chi connectivity index (χ1) is 6.38. The Morgan fingerprint density at radius 3 is 2.00 bits per heavy atom. The number of phosphoric acid groups is 1. The molecule has 0 N–H and O–H groups in total. The van der Waals surface area contributed by atoms with Gasteiger partial charge < -0.3 is 18.9 Å². The van der Waals surface area contributed by atoms with Crippen LogP contribution in [-0.4, -0.2) is 4.92 Å². The van der Waals surface area contributed by atoms with Crippen molar-refractivity contribution in [3.63, 3.8) is 0 Å². The Morgan fingerprint density at radius 2 is 1.67 bits per heavy atom. The van der Waals surface area contributed by atoms with Crippen LogP contribution in [0.1, 0.15) is 0 Å². The first-order valence-corrected chi connectivity index (χ1v) is 4.81. The average molecular weight is 240 g/mol. The van der Waals surface area contributed by atoms with Crippen LogP contribution < -0.4 is 43.9 Å². The normalized spacial score (nSPS) is 10.3. The molecule has 0 amide bonds. The third kappa shape index (κ3) is 5.27. The van der Waals surface area contributed by atoms with Gasteiger partial charge in [0.2, 0.25) is 0 Å². The van der Waals surface area contributed by atoms with E-state index in [1.807, 2.05) is 0 Å². The molecule has 1 aromatic carbocycles. The fourth-order valence-electron chi connectivity index (χ4n) is 0.758. The average Bonchev–Trinajstić information content (AvgIpc) is 2.02. The molecule has 0 bridgehead atoms. The zero-order valence-corrected chi connectivity index (χ0v) is 10.5. The second-order valence-electron chi connectivity index (χ2n) is 2.29. The predicted molar refractivity (Wildman–Crippen MR) is 41.3 cm³/mol. The maximum absolute atomic E-state index is 10.2. The van der Waals surface area contributed by atoms with E-state index in [0.717, 1.165) is 24.3 Å². The number of hydrogen-bond donors (Lipinski definition) is 0. The van der Waals surface area contributed by atoms with Crippen LogP contribution in [0.4, 0.5) is 5.69 Å².